The Labute approximate surface area is 93.4 Å². The molecular formula is C9H11N3O3S. The molecule has 16 heavy (non-hydrogen) atoms. The number of hydrogen-bond acceptors (Lipinski definition) is 4. The highest BCUT2D eigenvalue weighted by atomic mass is 32.2. The van der Waals surface area contributed by atoms with Crippen LogP contribution in [0, 0.1) is 0 Å². The Balaban J connectivity index is 2.32. The van der Waals surface area contributed by atoms with Crippen LogP contribution in [-0.4, -0.2) is 44.4 Å². The highest BCUT2D eigenvalue weighted by Gasteiger charge is 2.24. The molecule has 0 radical (unpaired) electrons. The molecular weight excluding hydrogens is 230 g/mol. The molecule has 0 aromatic heterocycles. The molecule has 2 aliphatic rings. The van der Waals surface area contributed by atoms with Crippen molar-refractivity contribution in [1.29, 1.82) is 0 Å². The van der Waals surface area contributed by atoms with Gasteiger partial charge in [0.15, 0.2) is 0 Å². The molecule has 2 heterocycles. The van der Waals surface area contributed by atoms with Gasteiger partial charge in [0.05, 0.1) is 11.3 Å². The zero-order valence-electron chi connectivity index (χ0n) is 8.67. The Morgan fingerprint density at radius 2 is 2.25 bits per heavy atom. The molecule has 2 rings (SSSR count). The molecule has 6 nitrogen and oxygen atoms in total. The first-order valence-electron chi connectivity index (χ1n) is 4.73. The summed E-state index contributed by atoms with van der Waals surface area (Å²) in [6, 6.07) is 0. The van der Waals surface area contributed by atoms with Crippen molar-refractivity contribution in [2.75, 3.05) is 19.3 Å². The maximum Gasteiger partial charge on any atom is 0.256 e. The summed E-state index contributed by atoms with van der Waals surface area (Å²) in [6.07, 6.45) is 4.68. The van der Waals surface area contributed by atoms with Crippen molar-refractivity contribution in [2.24, 2.45) is 4.40 Å². The Hall–Kier alpha value is -1.63. The third-order valence-corrected chi connectivity index (χ3v) is 3.48. The quantitative estimate of drug-likeness (QED) is 0.654. The van der Waals surface area contributed by atoms with Crippen molar-refractivity contribution in [2.45, 2.75) is 0 Å². The number of fused-ring (bicyclic) bond motifs is 1. The lowest BCUT2D eigenvalue weighted by molar-refractivity contribution is -0.116. The number of carbonyl (C=O) groups is 1. The lowest BCUT2D eigenvalue weighted by Crippen LogP contribution is -2.37. The van der Waals surface area contributed by atoms with Gasteiger partial charge >= 0.3 is 0 Å². The first-order valence-corrected chi connectivity index (χ1v) is 6.34. The van der Waals surface area contributed by atoms with Crippen LogP contribution in [0.2, 0.25) is 0 Å². The third kappa shape index (κ3) is 1.99. The van der Waals surface area contributed by atoms with Crippen LogP contribution in [0.1, 0.15) is 0 Å². The minimum Gasteiger partial charge on any atom is -0.355 e. The predicted molar refractivity (Wildman–Crippen MR) is 59.2 cm³/mol. The van der Waals surface area contributed by atoms with E-state index in [4.69, 9.17) is 0 Å². The fourth-order valence-corrected chi connectivity index (χ4v) is 2.45. The van der Waals surface area contributed by atoms with E-state index in [9.17, 15) is 13.2 Å². The fourth-order valence-electron chi connectivity index (χ4n) is 1.48. The van der Waals surface area contributed by atoms with Crippen molar-refractivity contribution >= 4 is 21.8 Å². The van der Waals surface area contributed by atoms with Crippen LogP contribution < -0.4 is 5.32 Å². The molecule has 0 aromatic rings. The van der Waals surface area contributed by atoms with Crippen LogP contribution in [0.4, 0.5) is 0 Å². The average molecular weight is 241 g/mol. The third-order valence-electron chi connectivity index (χ3n) is 2.31. The maximum atomic E-state index is 11.4. The van der Waals surface area contributed by atoms with E-state index in [2.05, 4.69) is 9.71 Å². The smallest absolute Gasteiger partial charge is 0.256 e. The summed E-state index contributed by atoms with van der Waals surface area (Å²) in [5.41, 5.74) is 0.487. The zero-order chi connectivity index (χ0) is 11.8. The Kier molecular flexibility index (Phi) is 2.55. The Morgan fingerprint density at radius 1 is 1.50 bits per heavy atom. The zero-order valence-corrected chi connectivity index (χ0v) is 9.49. The van der Waals surface area contributed by atoms with Gasteiger partial charge in [-0.05, 0) is 12.2 Å². The van der Waals surface area contributed by atoms with Gasteiger partial charge < -0.3 is 10.2 Å². The van der Waals surface area contributed by atoms with Gasteiger partial charge in [-0.25, -0.2) is 8.42 Å². The van der Waals surface area contributed by atoms with Crippen LogP contribution >= 0.6 is 0 Å². The van der Waals surface area contributed by atoms with Crippen LogP contribution in [0.15, 0.2) is 28.3 Å². The van der Waals surface area contributed by atoms with Crippen LogP contribution in [0.5, 0.6) is 0 Å². The normalized spacial score (nSPS) is 21.9. The molecule has 86 valence electrons. The minimum absolute atomic E-state index is 0.0259. The number of rotatable bonds is 1. The van der Waals surface area contributed by atoms with Crippen molar-refractivity contribution in [3.8, 4) is 0 Å². The molecule has 0 bridgehead atoms. The number of amidine groups is 1. The van der Waals surface area contributed by atoms with Crippen LogP contribution in [-0.2, 0) is 14.8 Å². The lowest BCUT2D eigenvalue weighted by Gasteiger charge is -2.26. The summed E-state index contributed by atoms with van der Waals surface area (Å²) < 4.78 is 26.1. The molecule has 1 N–H and O–H groups in total. The summed E-state index contributed by atoms with van der Waals surface area (Å²) in [5.74, 6) is 0.129. The average Bonchev–Trinajstić information content (AvgIpc) is 2.26. The number of nitrogens with zero attached hydrogens (tertiary/aromatic N) is 2. The second kappa shape index (κ2) is 3.75. The summed E-state index contributed by atoms with van der Waals surface area (Å²) in [4.78, 5) is 13.0. The van der Waals surface area contributed by atoms with Gasteiger partial charge in [0, 0.05) is 19.8 Å². The van der Waals surface area contributed by atoms with Gasteiger partial charge in [-0.2, -0.15) is 0 Å². The van der Waals surface area contributed by atoms with E-state index in [1.54, 1.807) is 24.2 Å². The molecule has 1 amide bonds. The van der Waals surface area contributed by atoms with E-state index in [1.807, 2.05) is 0 Å². The standard InChI is InChI=1S/C9H11N3O3S/c1-10-9(13)7-2-3-8-11-16(14,15)5-4-12(8)6-7/h2-3,6H,4-5H2,1H3,(H,10,13). The molecule has 0 saturated carbocycles. The van der Waals surface area contributed by atoms with E-state index in [-0.39, 0.29) is 11.7 Å². The van der Waals surface area contributed by atoms with Crippen LogP contribution in [0.25, 0.3) is 0 Å². The maximum absolute atomic E-state index is 11.4. The van der Waals surface area contributed by atoms with E-state index >= 15 is 0 Å². The highest BCUT2D eigenvalue weighted by molar-refractivity contribution is 7.90. The molecule has 7 heteroatoms. The largest absolute Gasteiger partial charge is 0.355 e. The number of sulfonamides is 1. The van der Waals surface area contributed by atoms with E-state index in [0.29, 0.717) is 18.0 Å². The summed E-state index contributed by atoms with van der Waals surface area (Å²) in [7, 11) is -1.79. The molecule has 0 unspecified atom stereocenters. The number of nitrogens with one attached hydrogen (secondary N) is 1. The SMILES string of the molecule is CNC(=O)C1=CN2CCS(=O)(=O)N=C2C=C1. The van der Waals surface area contributed by atoms with Gasteiger partial charge in [0.2, 0.25) is 0 Å². The van der Waals surface area contributed by atoms with Crippen molar-refractivity contribution in [1.82, 2.24) is 10.2 Å². The van der Waals surface area contributed by atoms with Crippen molar-refractivity contribution < 1.29 is 13.2 Å². The van der Waals surface area contributed by atoms with Gasteiger partial charge in [-0.3, -0.25) is 4.79 Å². The molecule has 0 atom stereocenters. The van der Waals surface area contributed by atoms with E-state index < -0.39 is 10.0 Å². The first-order chi connectivity index (χ1) is 7.52. The predicted octanol–water partition coefficient (Wildman–Crippen LogP) is -0.770. The van der Waals surface area contributed by atoms with Gasteiger partial charge in [-0.15, -0.1) is 4.40 Å². The Morgan fingerprint density at radius 3 is 2.94 bits per heavy atom. The molecule has 0 saturated heterocycles. The number of carbonyl (C=O) groups excluding carboxylic acids is 1. The fraction of sp³-hybridized carbons (Fsp3) is 0.333. The number of likely N-dealkylation sites (N-methyl/N-ethyl adjacent to an activating group) is 1. The Bertz CT molecular complexity index is 516. The van der Waals surface area contributed by atoms with Crippen LogP contribution in [0.3, 0.4) is 0 Å². The van der Waals surface area contributed by atoms with E-state index in [0.717, 1.165) is 0 Å². The highest BCUT2D eigenvalue weighted by Crippen LogP contribution is 2.15. The lowest BCUT2D eigenvalue weighted by atomic mass is 10.2. The van der Waals surface area contributed by atoms with Crippen molar-refractivity contribution in [3.63, 3.8) is 0 Å². The van der Waals surface area contributed by atoms with Crippen molar-refractivity contribution in [3.05, 3.63) is 23.9 Å². The topological polar surface area (TPSA) is 78.8 Å². The summed E-state index contributed by atoms with van der Waals surface area (Å²) >= 11 is 0. The second-order valence-electron chi connectivity index (χ2n) is 3.43. The summed E-state index contributed by atoms with van der Waals surface area (Å²) in [5, 5.41) is 2.50. The van der Waals surface area contributed by atoms with Gasteiger partial charge in [0.25, 0.3) is 15.9 Å². The molecule has 0 aliphatic carbocycles. The second-order valence-corrected chi connectivity index (χ2v) is 5.18. The molecule has 0 aromatic carbocycles. The van der Waals surface area contributed by atoms with E-state index in [1.165, 1.54) is 6.08 Å². The minimum atomic E-state index is -3.33. The molecule has 2 aliphatic heterocycles. The summed E-state index contributed by atoms with van der Waals surface area (Å²) in [6.45, 7) is 0.325. The molecule has 0 spiro atoms. The first kappa shape index (κ1) is 10.9. The molecule has 0 fully saturated rings. The monoisotopic (exact) mass is 241 g/mol. The number of amides is 1. The van der Waals surface area contributed by atoms with Gasteiger partial charge in [0.1, 0.15) is 5.84 Å². The van der Waals surface area contributed by atoms with Gasteiger partial charge in [-0.1, -0.05) is 0 Å². The number of hydrogen-bond donors (Lipinski definition) is 1.